The maximum Gasteiger partial charge on any atom is 0.343 e. The summed E-state index contributed by atoms with van der Waals surface area (Å²) in [7, 11) is 0. The Morgan fingerprint density at radius 2 is 1.80 bits per heavy atom. The van der Waals surface area contributed by atoms with E-state index in [4.69, 9.17) is 9.47 Å². The van der Waals surface area contributed by atoms with Crippen LogP contribution in [0.25, 0.3) is 0 Å². The molecule has 2 aromatic carbocycles. The molecule has 0 amide bonds. The van der Waals surface area contributed by atoms with Gasteiger partial charge in [0, 0.05) is 6.07 Å². The molecule has 0 aliphatic heterocycles. The normalized spacial score (nSPS) is 11.6. The summed E-state index contributed by atoms with van der Waals surface area (Å²) in [6.07, 6.45) is 1.77. The first-order chi connectivity index (χ1) is 12.0. The van der Waals surface area contributed by atoms with E-state index < -0.39 is 11.9 Å². The van der Waals surface area contributed by atoms with Gasteiger partial charge in [0.2, 0.25) is 0 Å². The highest BCUT2D eigenvalue weighted by atomic mass is 16.5. The predicted molar refractivity (Wildman–Crippen MR) is 93.9 cm³/mol. The Hall–Kier alpha value is -2.82. The molecule has 0 bridgehead atoms. The summed E-state index contributed by atoms with van der Waals surface area (Å²) in [6, 6.07) is 12.4. The summed E-state index contributed by atoms with van der Waals surface area (Å²) in [5.41, 5.74) is 0.452. The summed E-state index contributed by atoms with van der Waals surface area (Å²) >= 11 is 0. The highest BCUT2D eigenvalue weighted by Crippen LogP contribution is 2.26. The maximum absolute atomic E-state index is 12.3. The van der Waals surface area contributed by atoms with Gasteiger partial charge in [-0.15, -0.1) is 0 Å². The third-order valence-corrected chi connectivity index (χ3v) is 3.94. The highest BCUT2D eigenvalue weighted by Gasteiger charge is 2.18. The number of rotatable bonds is 7. The molecule has 0 saturated carbocycles. The van der Waals surface area contributed by atoms with E-state index in [0.29, 0.717) is 18.1 Å². The van der Waals surface area contributed by atoms with Crippen molar-refractivity contribution in [2.75, 3.05) is 6.61 Å². The fourth-order valence-corrected chi connectivity index (χ4v) is 2.13. The van der Waals surface area contributed by atoms with E-state index in [-0.39, 0.29) is 17.1 Å². The van der Waals surface area contributed by atoms with Gasteiger partial charge in [-0.2, -0.15) is 0 Å². The van der Waals surface area contributed by atoms with Gasteiger partial charge in [-0.3, -0.25) is 0 Å². The zero-order valence-electron chi connectivity index (χ0n) is 14.4. The number of hydrogen-bond donors (Lipinski definition) is 1. The van der Waals surface area contributed by atoms with Gasteiger partial charge in [0.05, 0.1) is 12.2 Å². The fourth-order valence-electron chi connectivity index (χ4n) is 2.13. The Labute approximate surface area is 147 Å². The largest absolute Gasteiger partial charge is 0.508 e. The Morgan fingerprint density at radius 3 is 2.48 bits per heavy atom. The van der Waals surface area contributed by atoms with E-state index >= 15 is 0 Å². The predicted octanol–water partition coefficient (Wildman–Crippen LogP) is 4.20. The minimum absolute atomic E-state index is 0.0256. The molecule has 25 heavy (non-hydrogen) atoms. The number of benzene rings is 2. The Balaban J connectivity index is 2.11. The molecule has 0 aliphatic rings. The van der Waals surface area contributed by atoms with Crippen LogP contribution in [0.15, 0.2) is 48.5 Å². The highest BCUT2D eigenvalue weighted by molar-refractivity contribution is 5.96. The van der Waals surface area contributed by atoms with Gasteiger partial charge in [-0.1, -0.05) is 38.5 Å². The van der Waals surface area contributed by atoms with Gasteiger partial charge in [0.25, 0.3) is 0 Å². The van der Waals surface area contributed by atoms with Crippen LogP contribution in [-0.2, 0) is 4.74 Å². The standard InChI is InChI=1S/C20H22O5/c1-3-14(2)11-12-24-20(23)17-10-9-16(21)13-18(17)25-19(22)15-7-5-4-6-8-15/h4-10,13-14,21H,3,11-12H2,1-2H3. The lowest BCUT2D eigenvalue weighted by Gasteiger charge is -2.12. The monoisotopic (exact) mass is 342 g/mol. The van der Waals surface area contributed by atoms with Gasteiger partial charge in [-0.25, -0.2) is 9.59 Å². The lowest BCUT2D eigenvalue weighted by atomic mass is 10.1. The summed E-state index contributed by atoms with van der Waals surface area (Å²) in [5.74, 6) is -0.864. The molecule has 0 radical (unpaired) electrons. The molecule has 2 aromatic rings. The van der Waals surface area contributed by atoms with Gasteiger partial charge < -0.3 is 14.6 Å². The molecular formula is C20H22O5. The average molecular weight is 342 g/mol. The second-order valence-electron chi connectivity index (χ2n) is 5.87. The summed E-state index contributed by atoms with van der Waals surface area (Å²) in [6.45, 7) is 4.45. The molecule has 0 heterocycles. The van der Waals surface area contributed by atoms with Crippen molar-refractivity contribution in [3.8, 4) is 11.5 Å². The number of hydrogen-bond acceptors (Lipinski definition) is 5. The number of carbonyl (C=O) groups excluding carboxylic acids is 2. The van der Waals surface area contributed by atoms with E-state index in [1.807, 2.05) is 0 Å². The van der Waals surface area contributed by atoms with Crippen molar-refractivity contribution < 1.29 is 24.2 Å². The Kier molecular flexibility index (Phi) is 6.57. The summed E-state index contributed by atoms with van der Waals surface area (Å²) in [5, 5.41) is 9.64. The molecule has 5 heteroatoms. The molecule has 1 unspecified atom stereocenters. The van der Waals surface area contributed by atoms with Crippen LogP contribution in [0.4, 0.5) is 0 Å². The van der Waals surface area contributed by atoms with Crippen molar-refractivity contribution in [3.63, 3.8) is 0 Å². The van der Waals surface area contributed by atoms with Crippen LogP contribution in [-0.4, -0.2) is 23.7 Å². The second kappa shape index (κ2) is 8.87. The molecule has 0 spiro atoms. The number of aromatic hydroxyl groups is 1. The van der Waals surface area contributed by atoms with Gasteiger partial charge in [0.1, 0.15) is 17.1 Å². The van der Waals surface area contributed by atoms with Gasteiger partial charge >= 0.3 is 11.9 Å². The number of phenolic OH excluding ortho intramolecular Hbond substituents is 1. The number of ether oxygens (including phenoxy) is 2. The second-order valence-corrected chi connectivity index (χ2v) is 5.87. The van der Waals surface area contributed by atoms with Gasteiger partial charge in [-0.05, 0) is 36.6 Å². The van der Waals surface area contributed by atoms with Gasteiger partial charge in [0.15, 0.2) is 0 Å². The SMILES string of the molecule is CCC(C)CCOC(=O)c1ccc(O)cc1OC(=O)c1ccccc1. The molecule has 2 rings (SSSR count). The zero-order chi connectivity index (χ0) is 18.2. The summed E-state index contributed by atoms with van der Waals surface area (Å²) < 4.78 is 10.5. The molecule has 0 saturated heterocycles. The minimum Gasteiger partial charge on any atom is -0.508 e. The lowest BCUT2D eigenvalue weighted by molar-refractivity contribution is 0.0479. The molecule has 1 atom stereocenters. The van der Waals surface area contributed by atoms with Crippen molar-refractivity contribution in [1.29, 1.82) is 0 Å². The van der Waals surface area contributed by atoms with Crippen molar-refractivity contribution in [2.24, 2.45) is 5.92 Å². The lowest BCUT2D eigenvalue weighted by Crippen LogP contribution is -2.14. The zero-order valence-corrected chi connectivity index (χ0v) is 14.4. The van der Waals surface area contributed by atoms with E-state index in [1.165, 1.54) is 18.2 Å². The van der Waals surface area contributed by atoms with E-state index in [1.54, 1.807) is 30.3 Å². The molecule has 0 aliphatic carbocycles. The van der Waals surface area contributed by atoms with E-state index in [2.05, 4.69) is 13.8 Å². The first kappa shape index (κ1) is 18.5. The van der Waals surface area contributed by atoms with Crippen molar-refractivity contribution >= 4 is 11.9 Å². The van der Waals surface area contributed by atoms with Crippen molar-refractivity contribution in [3.05, 3.63) is 59.7 Å². The maximum atomic E-state index is 12.3. The quantitative estimate of drug-likeness (QED) is 0.603. The first-order valence-electron chi connectivity index (χ1n) is 8.28. The summed E-state index contributed by atoms with van der Waals surface area (Å²) in [4.78, 5) is 24.5. The van der Waals surface area contributed by atoms with Crippen LogP contribution < -0.4 is 4.74 Å². The molecule has 0 aromatic heterocycles. The number of esters is 2. The van der Waals surface area contributed by atoms with Crippen LogP contribution in [0.1, 0.15) is 47.4 Å². The van der Waals surface area contributed by atoms with Crippen LogP contribution in [0.3, 0.4) is 0 Å². The average Bonchev–Trinajstić information content (AvgIpc) is 2.62. The third kappa shape index (κ3) is 5.35. The molecule has 132 valence electrons. The van der Waals surface area contributed by atoms with Crippen LogP contribution in [0.2, 0.25) is 0 Å². The van der Waals surface area contributed by atoms with Crippen molar-refractivity contribution in [2.45, 2.75) is 26.7 Å². The van der Waals surface area contributed by atoms with E-state index in [0.717, 1.165) is 12.8 Å². The number of carbonyl (C=O) groups is 2. The number of phenols is 1. The van der Waals surface area contributed by atoms with Crippen LogP contribution in [0, 0.1) is 5.92 Å². The first-order valence-corrected chi connectivity index (χ1v) is 8.28. The molecule has 5 nitrogen and oxygen atoms in total. The minimum atomic E-state index is -0.611. The van der Waals surface area contributed by atoms with Crippen molar-refractivity contribution in [1.82, 2.24) is 0 Å². The van der Waals surface area contributed by atoms with Crippen LogP contribution in [0.5, 0.6) is 11.5 Å². The third-order valence-electron chi connectivity index (χ3n) is 3.94. The topological polar surface area (TPSA) is 72.8 Å². The Bertz CT molecular complexity index is 724. The smallest absolute Gasteiger partial charge is 0.343 e. The molecule has 1 N–H and O–H groups in total. The Morgan fingerprint density at radius 1 is 1.08 bits per heavy atom. The van der Waals surface area contributed by atoms with Crippen LogP contribution >= 0.6 is 0 Å². The molecule has 0 fully saturated rings. The molecular weight excluding hydrogens is 320 g/mol. The van der Waals surface area contributed by atoms with E-state index in [9.17, 15) is 14.7 Å². The fraction of sp³-hybridized carbons (Fsp3) is 0.300.